The van der Waals surface area contributed by atoms with Crippen LogP contribution in [-0.4, -0.2) is 22.4 Å². The fraction of sp³-hybridized carbons (Fsp3) is 1.00. The minimum atomic E-state index is -0.139. The lowest BCUT2D eigenvalue weighted by molar-refractivity contribution is -0.135. The molecule has 2 nitrogen and oxygen atoms in total. The predicted octanol–water partition coefficient (Wildman–Crippen LogP) is 4.39. The van der Waals surface area contributed by atoms with E-state index >= 15 is 0 Å². The van der Waals surface area contributed by atoms with Crippen LogP contribution in [0.1, 0.15) is 79.1 Å². The van der Waals surface area contributed by atoms with Gasteiger partial charge in [0.2, 0.25) is 0 Å². The molecule has 0 spiro atoms. The number of fused-ring (bicyclic) bond motifs is 5. The molecular formula is C21H36O2. The summed E-state index contributed by atoms with van der Waals surface area (Å²) in [6.45, 7) is 9.48. The van der Waals surface area contributed by atoms with Gasteiger partial charge in [-0.05, 0) is 91.3 Å². The molecule has 2 N–H and O–H groups in total. The topological polar surface area (TPSA) is 40.5 Å². The molecule has 0 saturated heterocycles. The molecule has 4 aliphatic rings. The lowest BCUT2D eigenvalue weighted by Crippen LogP contribution is -2.54. The highest BCUT2D eigenvalue weighted by atomic mass is 16.3. The number of hydrogen-bond acceptors (Lipinski definition) is 2. The number of hydrogen-bond donors (Lipinski definition) is 2. The Hall–Kier alpha value is -0.0800. The van der Waals surface area contributed by atoms with Crippen molar-refractivity contribution >= 4 is 0 Å². The maximum absolute atomic E-state index is 11.0. The smallest absolute Gasteiger partial charge is 0.0647 e. The maximum atomic E-state index is 11.0. The first-order chi connectivity index (χ1) is 10.7. The molecular weight excluding hydrogens is 284 g/mol. The summed E-state index contributed by atoms with van der Waals surface area (Å²) in [5, 5.41) is 21.1. The Morgan fingerprint density at radius 3 is 2.22 bits per heavy atom. The van der Waals surface area contributed by atoms with Gasteiger partial charge in [0.1, 0.15) is 0 Å². The molecule has 0 aromatic rings. The Labute approximate surface area is 142 Å². The summed E-state index contributed by atoms with van der Waals surface area (Å²) >= 11 is 0. The summed E-state index contributed by atoms with van der Waals surface area (Å²) in [6.07, 6.45) is 9.42. The van der Waals surface area contributed by atoms with Crippen molar-refractivity contribution in [3.05, 3.63) is 0 Å². The second kappa shape index (κ2) is 4.97. The van der Waals surface area contributed by atoms with Crippen LogP contribution in [0.5, 0.6) is 0 Å². The van der Waals surface area contributed by atoms with Crippen LogP contribution in [0.4, 0.5) is 0 Å². The van der Waals surface area contributed by atoms with Gasteiger partial charge in [-0.25, -0.2) is 0 Å². The van der Waals surface area contributed by atoms with Crippen molar-refractivity contribution in [3.8, 4) is 0 Å². The van der Waals surface area contributed by atoms with E-state index in [0.717, 1.165) is 30.6 Å². The SMILES string of the molecule is CC1(C)C[C@H]2[C@@H]3CC[C@H]4C[C@@H](O)CC[C@]4(C)[C@H]3CC[C@]2(C)[C@H]1O. The molecule has 23 heavy (non-hydrogen) atoms. The van der Waals surface area contributed by atoms with E-state index in [9.17, 15) is 10.2 Å². The molecule has 0 amide bonds. The molecule has 0 radical (unpaired) electrons. The predicted molar refractivity (Wildman–Crippen MR) is 92.9 cm³/mol. The lowest BCUT2D eigenvalue weighted by atomic mass is 9.45. The molecule has 132 valence electrons. The van der Waals surface area contributed by atoms with Crippen LogP contribution in [0.25, 0.3) is 0 Å². The van der Waals surface area contributed by atoms with Crippen LogP contribution in [0.15, 0.2) is 0 Å². The summed E-state index contributed by atoms with van der Waals surface area (Å²) < 4.78 is 0. The fourth-order valence-corrected chi connectivity index (χ4v) is 7.88. The molecule has 4 rings (SSSR count). The summed E-state index contributed by atoms with van der Waals surface area (Å²) in [5.74, 6) is 3.07. The molecule has 4 fully saturated rings. The number of aliphatic hydroxyl groups excluding tert-OH is 2. The highest BCUT2D eigenvalue weighted by Crippen LogP contribution is 2.68. The Morgan fingerprint density at radius 2 is 1.48 bits per heavy atom. The van der Waals surface area contributed by atoms with E-state index in [1.165, 1.54) is 38.5 Å². The highest BCUT2D eigenvalue weighted by molar-refractivity contribution is 5.13. The van der Waals surface area contributed by atoms with E-state index in [1.807, 2.05) is 0 Å². The van der Waals surface area contributed by atoms with E-state index in [1.54, 1.807) is 0 Å². The Kier molecular flexibility index (Phi) is 3.54. The Morgan fingerprint density at radius 1 is 0.783 bits per heavy atom. The molecule has 0 unspecified atom stereocenters. The summed E-state index contributed by atoms with van der Waals surface area (Å²) in [7, 11) is 0. The van der Waals surface area contributed by atoms with Gasteiger partial charge in [0.15, 0.2) is 0 Å². The van der Waals surface area contributed by atoms with Crippen LogP contribution in [0.3, 0.4) is 0 Å². The van der Waals surface area contributed by atoms with Crippen LogP contribution in [-0.2, 0) is 0 Å². The van der Waals surface area contributed by atoms with E-state index in [2.05, 4.69) is 27.7 Å². The molecule has 0 aromatic carbocycles. The van der Waals surface area contributed by atoms with Crippen molar-refractivity contribution < 1.29 is 10.2 Å². The normalized spacial score (nSPS) is 58.2. The second-order valence-corrected chi connectivity index (χ2v) is 10.7. The van der Waals surface area contributed by atoms with E-state index in [-0.39, 0.29) is 23.0 Å². The Bertz CT molecular complexity index is 486. The zero-order chi connectivity index (χ0) is 16.6. The van der Waals surface area contributed by atoms with Crippen LogP contribution >= 0.6 is 0 Å². The van der Waals surface area contributed by atoms with Crippen LogP contribution < -0.4 is 0 Å². The van der Waals surface area contributed by atoms with E-state index in [4.69, 9.17) is 0 Å². The van der Waals surface area contributed by atoms with Crippen molar-refractivity contribution in [2.45, 2.75) is 91.3 Å². The molecule has 4 saturated carbocycles. The molecule has 0 heterocycles. The van der Waals surface area contributed by atoms with Gasteiger partial charge < -0.3 is 10.2 Å². The first-order valence-electron chi connectivity index (χ1n) is 10.0. The van der Waals surface area contributed by atoms with Crippen molar-refractivity contribution in [1.82, 2.24) is 0 Å². The fourth-order valence-electron chi connectivity index (χ4n) is 7.88. The molecule has 2 heteroatoms. The largest absolute Gasteiger partial charge is 0.393 e. The van der Waals surface area contributed by atoms with Crippen molar-refractivity contribution in [1.29, 1.82) is 0 Å². The highest BCUT2D eigenvalue weighted by Gasteiger charge is 2.63. The summed E-state index contributed by atoms with van der Waals surface area (Å²) in [4.78, 5) is 0. The van der Waals surface area contributed by atoms with Crippen molar-refractivity contribution in [2.24, 2.45) is 39.9 Å². The summed E-state index contributed by atoms with van der Waals surface area (Å²) in [6, 6.07) is 0. The third-order valence-electron chi connectivity index (χ3n) is 9.19. The second-order valence-electron chi connectivity index (χ2n) is 10.7. The van der Waals surface area contributed by atoms with E-state index in [0.29, 0.717) is 11.3 Å². The van der Waals surface area contributed by atoms with Crippen LogP contribution in [0, 0.1) is 39.9 Å². The van der Waals surface area contributed by atoms with Gasteiger partial charge in [-0.15, -0.1) is 0 Å². The van der Waals surface area contributed by atoms with Gasteiger partial charge >= 0.3 is 0 Å². The van der Waals surface area contributed by atoms with Gasteiger partial charge in [-0.3, -0.25) is 0 Å². The zero-order valence-corrected chi connectivity index (χ0v) is 15.5. The van der Waals surface area contributed by atoms with Crippen LogP contribution in [0.2, 0.25) is 0 Å². The molecule has 8 atom stereocenters. The number of aliphatic hydroxyl groups is 2. The van der Waals surface area contributed by atoms with Crippen molar-refractivity contribution in [2.75, 3.05) is 0 Å². The molecule has 0 bridgehead atoms. The molecule has 0 aromatic heterocycles. The minimum Gasteiger partial charge on any atom is -0.393 e. The van der Waals surface area contributed by atoms with Gasteiger partial charge in [0.05, 0.1) is 12.2 Å². The molecule has 4 aliphatic carbocycles. The first-order valence-corrected chi connectivity index (χ1v) is 10.0. The summed E-state index contributed by atoms with van der Waals surface area (Å²) in [5.41, 5.74) is 0.665. The minimum absolute atomic E-state index is 0.0503. The third kappa shape index (κ3) is 2.13. The maximum Gasteiger partial charge on any atom is 0.0647 e. The lowest BCUT2D eigenvalue weighted by Gasteiger charge is -2.60. The monoisotopic (exact) mass is 320 g/mol. The Balaban J connectivity index is 1.65. The average Bonchev–Trinajstić information content (AvgIpc) is 2.68. The van der Waals surface area contributed by atoms with E-state index < -0.39 is 0 Å². The van der Waals surface area contributed by atoms with Gasteiger partial charge in [0, 0.05) is 0 Å². The van der Waals surface area contributed by atoms with Gasteiger partial charge in [-0.1, -0.05) is 27.7 Å². The third-order valence-corrected chi connectivity index (χ3v) is 9.19. The molecule has 0 aliphatic heterocycles. The number of rotatable bonds is 0. The van der Waals surface area contributed by atoms with Gasteiger partial charge in [0.25, 0.3) is 0 Å². The average molecular weight is 321 g/mol. The first kappa shape index (κ1) is 16.4. The standard InChI is InChI=1S/C21H36O2/c1-19(2)12-17-15-6-5-13-11-14(22)7-9-20(13,3)16(15)8-10-21(17,4)18(19)23/h13-18,22-23H,5-12H2,1-4H3/t13-,14-,15+,16-,17-,18-,20-,21-/m0/s1. The zero-order valence-electron chi connectivity index (χ0n) is 15.5. The quantitative estimate of drug-likeness (QED) is 0.695. The van der Waals surface area contributed by atoms with Crippen molar-refractivity contribution in [3.63, 3.8) is 0 Å². The van der Waals surface area contributed by atoms with Gasteiger partial charge in [-0.2, -0.15) is 0 Å².